The van der Waals surface area contributed by atoms with Crippen LogP contribution in [0.1, 0.15) is 22.9 Å². The topological polar surface area (TPSA) is 69.6 Å². The van der Waals surface area contributed by atoms with Crippen molar-refractivity contribution in [2.75, 3.05) is 31.1 Å². The number of halogens is 1. The third-order valence-electron chi connectivity index (χ3n) is 4.60. The second kappa shape index (κ2) is 7.37. The minimum absolute atomic E-state index is 0.294. The normalized spacial score (nSPS) is 16.0. The Hall–Kier alpha value is -2.18. The average Bonchev–Trinajstić information content (AvgIpc) is 2.63. The summed E-state index contributed by atoms with van der Waals surface area (Å²) >= 11 is 5.94. The molecule has 2 heterocycles. The zero-order chi connectivity index (χ0) is 18.0. The molecule has 0 bridgehead atoms. The molecule has 6 nitrogen and oxygen atoms in total. The summed E-state index contributed by atoms with van der Waals surface area (Å²) in [6.07, 6.45) is 0.381. The predicted molar refractivity (Wildman–Crippen MR) is 96.7 cm³/mol. The highest BCUT2D eigenvalue weighted by atomic mass is 35.5. The minimum Gasteiger partial charge on any atom is -0.378 e. The van der Waals surface area contributed by atoms with Crippen molar-refractivity contribution in [1.29, 1.82) is 0 Å². The number of aliphatic hydroxyl groups excluding tert-OH is 1. The van der Waals surface area contributed by atoms with Crippen molar-refractivity contribution in [3.8, 4) is 0 Å². The van der Waals surface area contributed by atoms with Crippen LogP contribution in [0.5, 0.6) is 0 Å². The zero-order valence-corrected chi connectivity index (χ0v) is 15.1. The molecule has 2 aromatic rings. The summed E-state index contributed by atoms with van der Waals surface area (Å²) in [4.78, 5) is 25.0. The van der Waals surface area contributed by atoms with Crippen LogP contribution in [0.15, 0.2) is 30.6 Å². The zero-order valence-electron chi connectivity index (χ0n) is 14.3. The fourth-order valence-corrected chi connectivity index (χ4v) is 3.17. The summed E-state index contributed by atoms with van der Waals surface area (Å²) in [5.41, 5.74) is 2.53. The third kappa shape index (κ3) is 3.75. The number of carbonyl (C=O) groups excluding carboxylic acids is 1. The minimum atomic E-state index is -1.19. The van der Waals surface area contributed by atoms with Gasteiger partial charge in [0.25, 0.3) is 5.91 Å². The molecule has 1 fully saturated rings. The van der Waals surface area contributed by atoms with Gasteiger partial charge in [-0.2, -0.15) is 0 Å². The number of benzene rings is 1. The van der Waals surface area contributed by atoms with Crippen LogP contribution in [0.25, 0.3) is 0 Å². The highest BCUT2D eigenvalue weighted by molar-refractivity contribution is 6.30. The highest BCUT2D eigenvalue weighted by Gasteiger charge is 2.28. The van der Waals surface area contributed by atoms with Gasteiger partial charge in [-0.3, -0.25) is 4.79 Å². The molecule has 0 aliphatic carbocycles. The summed E-state index contributed by atoms with van der Waals surface area (Å²) in [6, 6.07) is 6.77. The van der Waals surface area contributed by atoms with Crippen molar-refractivity contribution in [1.82, 2.24) is 14.9 Å². The van der Waals surface area contributed by atoms with Gasteiger partial charge in [0.05, 0.1) is 0 Å². The van der Waals surface area contributed by atoms with E-state index in [0.717, 1.165) is 17.1 Å². The van der Waals surface area contributed by atoms with Crippen LogP contribution >= 0.6 is 11.6 Å². The van der Waals surface area contributed by atoms with Crippen molar-refractivity contribution in [2.45, 2.75) is 20.0 Å². The standard InChI is InChI=1S/C18H21ClN4O2/c1-12-13(2)20-11-21-17(12)22-6-8-23(9-7-22)18(25)16(24)14-4-3-5-15(19)10-14/h3-5,10-11,16,24H,6-9H2,1-2H3. The van der Waals surface area contributed by atoms with Crippen LogP contribution in [0, 0.1) is 13.8 Å². The van der Waals surface area contributed by atoms with Gasteiger partial charge in [0.15, 0.2) is 6.10 Å². The number of aliphatic hydroxyl groups is 1. The van der Waals surface area contributed by atoms with Crippen LogP contribution in [0.2, 0.25) is 5.02 Å². The van der Waals surface area contributed by atoms with E-state index in [1.807, 2.05) is 13.8 Å². The number of aryl methyl sites for hydroxylation is 1. The van der Waals surface area contributed by atoms with Crippen LogP contribution in [0.4, 0.5) is 5.82 Å². The van der Waals surface area contributed by atoms with Gasteiger partial charge in [-0.1, -0.05) is 23.7 Å². The van der Waals surface area contributed by atoms with E-state index in [2.05, 4.69) is 14.9 Å². The van der Waals surface area contributed by atoms with E-state index in [-0.39, 0.29) is 5.91 Å². The molecule has 1 unspecified atom stereocenters. The number of rotatable bonds is 3. The Labute approximate surface area is 152 Å². The van der Waals surface area contributed by atoms with E-state index in [1.165, 1.54) is 0 Å². The summed E-state index contributed by atoms with van der Waals surface area (Å²) in [7, 11) is 0. The summed E-state index contributed by atoms with van der Waals surface area (Å²) in [5, 5.41) is 10.8. The second-order valence-corrected chi connectivity index (χ2v) is 6.61. The van der Waals surface area contributed by atoms with E-state index < -0.39 is 6.10 Å². The number of aromatic nitrogens is 2. The maximum absolute atomic E-state index is 12.6. The molecule has 0 radical (unpaired) electrons. The predicted octanol–water partition coefficient (Wildman–Crippen LogP) is 2.13. The van der Waals surface area contributed by atoms with E-state index in [0.29, 0.717) is 36.8 Å². The summed E-state index contributed by atoms with van der Waals surface area (Å²) < 4.78 is 0. The SMILES string of the molecule is Cc1ncnc(N2CCN(C(=O)C(O)c3cccc(Cl)c3)CC2)c1C. The molecule has 1 aliphatic rings. The molecular weight excluding hydrogens is 340 g/mol. The molecule has 1 amide bonds. The number of nitrogens with zero attached hydrogens (tertiary/aromatic N) is 4. The monoisotopic (exact) mass is 360 g/mol. The highest BCUT2D eigenvalue weighted by Crippen LogP contribution is 2.23. The quantitative estimate of drug-likeness (QED) is 0.908. The number of amides is 1. The Morgan fingerprint density at radius 3 is 2.60 bits per heavy atom. The lowest BCUT2D eigenvalue weighted by molar-refractivity contribution is -0.140. The number of hydrogen-bond acceptors (Lipinski definition) is 5. The van der Waals surface area contributed by atoms with Crippen LogP contribution < -0.4 is 4.90 Å². The van der Waals surface area contributed by atoms with Crippen LogP contribution in [-0.4, -0.2) is 52.1 Å². The molecule has 1 saturated heterocycles. The average molecular weight is 361 g/mol. The van der Waals surface area contributed by atoms with Gasteiger partial charge in [0.2, 0.25) is 0 Å². The summed E-state index contributed by atoms with van der Waals surface area (Å²) in [5.74, 6) is 0.618. The van der Waals surface area contributed by atoms with Gasteiger partial charge >= 0.3 is 0 Å². The number of piperazine rings is 1. The fraction of sp³-hybridized carbons (Fsp3) is 0.389. The molecule has 3 rings (SSSR count). The summed E-state index contributed by atoms with van der Waals surface area (Å²) in [6.45, 7) is 6.39. The molecule has 1 atom stereocenters. The van der Waals surface area contributed by atoms with E-state index in [4.69, 9.17) is 11.6 Å². The third-order valence-corrected chi connectivity index (χ3v) is 4.83. The lowest BCUT2D eigenvalue weighted by atomic mass is 10.1. The smallest absolute Gasteiger partial charge is 0.256 e. The molecule has 0 spiro atoms. The van der Waals surface area contributed by atoms with E-state index >= 15 is 0 Å². The first-order valence-corrected chi connectivity index (χ1v) is 8.60. The van der Waals surface area contributed by atoms with Crippen LogP contribution in [-0.2, 0) is 4.79 Å². The first kappa shape index (κ1) is 17.6. The van der Waals surface area contributed by atoms with E-state index in [1.54, 1.807) is 35.5 Å². The lowest BCUT2D eigenvalue weighted by Gasteiger charge is -2.36. The van der Waals surface area contributed by atoms with Crippen LogP contribution in [0.3, 0.4) is 0 Å². The van der Waals surface area contributed by atoms with Crippen molar-refractivity contribution in [3.05, 3.63) is 52.4 Å². The van der Waals surface area contributed by atoms with Crippen molar-refractivity contribution in [2.24, 2.45) is 0 Å². The second-order valence-electron chi connectivity index (χ2n) is 6.18. The van der Waals surface area contributed by atoms with Gasteiger partial charge < -0.3 is 14.9 Å². The first-order chi connectivity index (χ1) is 12.0. The maximum atomic E-state index is 12.6. The van der Waals surface area contributed by atoms with Gasteiger partial charge in [0.1, 0.15) is 12.1 Å². The van der Waals surface area contributed by atoms with Gasteiger partial charge in [-0.25, -0.2) is 9.97 Å². The van der Waals surface area contributed by atoms with Crippen molar-refractivity contribution in [3.63, 3.8) is 0 Å². The Morgan fingerprint density at radius 2 is 1.92 bits per heavy atom. The lowest BCUT2D eigenvalue weighted by Crippen LogP contribution is -2.50. The number of anilines is 1. The Bertz CT molecular complexity index is 775. The molecule has 132 valence electrons. The molecule has 1 aromatic heterocycles. The van der Waals surface area contributed by atoms with Crippen molar-refractivity contribution < 1.29 is 9.90 Å². The number of carbonyl (C=O) groups is 1. The van der Waals surface area contributed by atoms with E-state index in [9.17, 15) is 9.90 Å². The molecule has 7 heteroatoms. The fourth-order valence-electron chi connectivity index (χ4n) is 2.98. The molecule has 1 aromatic carbocycles. The first-order valence-electron chi connectivity index (χ1n) is 8.23. The van der Waals surface area contributed by atoms with Crippen molar-refractivity contribution >= 4 is 23.3 Å². The Kier molecular flexibility index (Phi) is 5.20. The molecule has 25 heavy (non-hydrogen) atoms. The molecule has 1 aliphatic heterocycles. The molecule has 0 saturated carbocycles. The largest absolute Gasteiger partial charge is 0.378 e. The Morgan fingerprint density at radius 1 is 1.20 bits per heavy atom. The number of hydrogen-bond donors (Lipinski definition) is 1. The van der Waals surface area contributed by atoms with Gasteiger partial charge in [0, 0.05) is 42.5 Å². The van der Waals surface area contributed by atoms with Gasteiger partial charge in [-0.15, -0.1) is 0 Å². The molecular formula is C18H21ClN4O2. The Balaban J connectivity index is 1.65. The molecule has 1 N–H and O–H groups in total. The maximum Gasteiger partial charge on any atom is 0.256 e. The van der Waals surface area contributed by atoms with Gasteiger partial charge in [-0.05, 0) is 31.5 Å².